The van der Waals surface area contributed by atoms with Crippen LogP contribution in [0, 0.1) is 5.92 Å². The Hall–Kier alpha value is -0.450. The van der Waals surface area contributed by atoms with Gasteiger partial charge in [0, 0.05) is 11.6 Å². The average Bonchev–Trinajstić information content (AvgIpc) is 2.94. The van der Waals surface area contributed by atoms with Crippen molar-refractivity contribution in [3.63, 3.8) is 0 Å². The number of aromatic nitrogens is 1. The number of hydrogen-bond donors (Lipinski definition) is 2. The second-order valence-corrected chi connectivity index (χ2v) is 6.07. The predicted molar refractivity (Wildman–Crippen MR) is 78.0 cm³/mol. The maximum absolute atomic E-state index is 4.40. The second kappa shape index (κ2) is 7.87. The molecule has 1 fully saturated rings. The zero-order chi connectivity index (χ0) is 12.6. The Kier molecular flexibility index (Phi) is 6.11. The quantitative estimate of drug-likeness (QED) is 0.746. The number of hydrogen-bond acceptors (Lipinski definition) is 4. The molecule has 1 aliphatic heterocycles. The summed E-state index contributed by atoms with van der Waals surface area (Å²) >= 11 is 1.76. The van der Waals surface area contributed by atoms with E-state index in [-0.39, 0.29) is 0 Å². The third-order valence-electron chi connectivity index (χ3n) is 3.74. The minimum atomic E-state index is 0.453. The van der Waals surface area contributed by atoms with Crippen LogP contribution in [0.4, 0.5) is 0 Å². The third-order valence-corrected chi connectivity index (χ3v) is 4.63. The van der Waals surface area contributed by atoms with Crippen LogP contribution in [0.2, 0.25) is 0 Å². The molecule has 1 aliphatic rings. The normalized spacial score (nSPS) is 21.9. The van der Waals surface area contributed by atoms with Gasteiger partial charge in [0.1, 0.15) is 5.01 Å². The van der Waals surface area contributed by atoms with Crippen LogP contribution in [0.1, 0.15) is 50.1 Å². The molecule has 102 valence electrons. The predicted octanol–water partition coefficient (Wildman–Crippen LogP) is 2.96. The SMILES string of the molecule is CCC(NCCCC1CCCNC1)c1nccs1. The number of piperidine rings is 1. The molecule has 18 heavy (non-hydrogen) atoms. The fourth-order valence-electron chi connectivity index (χ4n) is 2.65. The molecule has 0 saturated carbocycles. The smallest absolute Gasteiger partial charge is 0.109 e. The Bertz CT molecular complexity index is 307. The molecule has 1 saturated heterocycles. The molecule has 2 N–H and O–H groups in total. The van der Waals surface area contributed by atoms with Crippen LogP contribution in [0.15, 0.2) is 11.6 Å². The van der Waals surface area contributed by atoms with Gasteiger partial charge in [0.15, 0.2) is 0 Å². The van der Waals surface area contributed by atoms with Gasteiger partial charge < -0.3 is 10.6 Å². The first-order valence-electron chi connectivity index (χ1n) is 7.23. The lowest BCUT2D eigenvalue weighted by molar-refractivity contribution is 0.344. The highest BCUT2D eigenvalue weighted by Crippen LogP contribution is 2.19. The Morgan fingerprint density at radius 3 is 3.22 bits per heavy atom. The van der Waals surface area contributed by atoms with E-state index in [2.05, 4.69) is 27.9 Å². The molecular formula is C14H25N3S. The van der Waals surface area contributed by atoms with E-state index in [1.165, 1.54) is 43.8 Å². The molecule has 1 aromatic heterocycles. The van der Waals surface area contributed by atoms with E-state index >= 15 is 0 Å². The van der Waals surface area contributed by atoms with Gasteiger partial charge in [-0.15, -0.1) is 11.3 Å². The maximum atomic E-state index is 4.40. The van der Waals surface area contributed by atoms with E-state index in [0.29, 0.717) is 6.04 Å². The van der Waals surface area contributed by atoms with Crippen molar-refractivity contribution in [1.29, 1.82) is 0 Å². The Morgan fingerprint density at radius 2 is 2.56 bits per heavy atom. The summed E-state index contributed by atoms with van der Waals surface area (Å²) in [6.07, 6.45) is 8.44. The van der Waals surface area contributed by atoms with Crippen molar-refractivity contribution >= 4 is 11.3 Å². The Morgan fingerprint density at radius 1 is 1.61 bits per heavy atom. The van der Waals surface area contributed by atoms with Gasteiger partial charge in [-0.3, -0.25) is 0 Å². The van der Waals surface area contributed by atoms with Crippen molar-refractivity contribution in [1.82, 2.24) is 15.6 Å². The van der Waals surface area contributed by atoms with E-state index in [4.69, 9.17) is 0 Å². The van der Waals surface area contributed by atoms with E-state index in [1.807, 2.05) is 6.20 Å². The first kappa shape index (κ1) is 14.0. The minimum absolute atomic E-state index is 0.453. The summed E-state index contributed by atoms with van der Waals surface area (Å²) in [6.45, 7) is 5.79. The van der Waals surface area contributed by atoms with E-state index in [9.17, 15) is 0 Å². The standard InChI is InChI=1S/C14H25N3S/c1-2-13(14-17-9-10-18-14)16-8-4-6-12-5-3-7-15-11-12/h9-10,12-13,15-16H,2-8,11H2,1H3. The lowest BCUT2D eigenvalue weighted by Gasteiger charge is -2.23. The van der Waals surface area contributed by atoms with Gasteiger partial charge >= 0.3 is 0 Å². The summed E-state index contributed by atoms with van der Waals surface area (Å²) in [5.41, 5.74) is 0. The topological polar surface area (TPSA) is 37.0 Å². The number of rotatable bonds is 7. The van der Waals surface area contributed by atoms with E-state index in [1.54, 1.807) is 11.3 Å². The molecule has 3 nitrogen and oxygen atoms in total. The molecule has 2 heterocycles. The van der Waals surface area contributed by atoms with Crippen LogP contribution < -0.4 is 10.6 Å². The molecule has 0 bridgehead atoms. The van der Waals surface area contributed by atoms with E-state index in [0.717, 1.165) is 18.9 Å². The van der Waals surface area contributed by atoms with Crippen molar-refractivity contribution in [2.45, 2.75) is 45.1 Å². The van der Waals surface area contributed by atoms with Crippen LogP contribution >= 0.6 is 11.3 Å². The summed E-state index contributed by atoms with van der Waals surface area (Å²) in [7, 11) is 0. The van der Waals surface area contributed by atoms with Crippen molar-refractivity contribution in [3.8, 4) is 0 Å². The molecule has 0 amide bonds. The van der Waals surface area contributed by atoms with Gasteiger partial charge in [0.25, 0.3) is 0 Å². The zero-order valence-electron chi connectivity index (χ0n) is 11.3. The average molecular weight is 267 g/mol. The Balaban J connectivity index is 1.61. The molecule has 0 radical (unpaired) electrons. The van der Waals surface area contributed by atoms with Crippen LogP contribution in [-0.4, -0.2) is 24.6 Å². The largest absolute Gasteiger partial charge is 0.316 e. The molecule has 1 aromatic rings. The van der Waals surface area contributed by atoms with Gasteiger partial charge in [-0.05, 0) is 57.7 Å². The van der Waals surface area contributed by atoms with Crippen LogP contribution in [0.5, 0.6) is 0 Å². The summed E-state index contributed by atoms with van der Waals surface area (Å²) in [5, 5.41) is 10.4. The summed E-state index contributed by atoms with van der Waals surface area (Å²) in [6, 6.07) is 0.453. The van der Waals surface area contributed by atoms with Gasteiger partial charge in [0.05, 0.1) is 6.04 Å². The summed E-state index contributed by atoms with van der Waals surface area (Å²) < 4.78 is 0. The zero-order valence-corrected chi connectivity index (χ0v) is 12.1. The van der Waals surface area contributed by atoms with Crippen LogP contribution in [-0.2, 0) is 0 Å². The van der Waals surface area contributed by atoms with Crippen molar-refractivity contribution in [2.75, 3.05) is 19.6 Å². The lowest BCUT2D eigenvalue weighted by Crippen LogP contribution is -2.30. The fraction of sp³-hybridized carbons (Fsp3) is 0.786. The van der Waals surface area contributed by atoms with Crippen LogP contribution in [0.3, 0.4) is 0 Å². The number of thiazole rings is 1. The molecule has 2 atom stereocenters. The summed E-state index contributed by atoms with van der Waals surface area (Å²) in [5.74, 6) is 0.903. The van der Waals surface area contributed by atoms with Crippen molar-refractivity contribution in [2.24, 2.45) is 5.92 Å². The Labute approximate surface area is 114 Å². The third kappa shape index (κ3) is 4.34. The van der Waals surface area contributed by atoms with Gasteiger partial charge in [0.2, 0.25) is 0 Å². The maximum Gasteiger partial charge on any atom is 0.109 e. The number of nitrogens with zero attached hydrogens (tertiary/aromatic N) is 1. The highest BCUT2D eigenvalue weighted by atomic mass is 32.1. The highest BCUT2D eigenvalue weighted by Gasteiger charge is 2.13. The molecule has 2 rings (SSSR count). The first-order valence-corrected chi connectivity index (χ1v) is 8.11. The highest BCUT2D eigenvalue weighted by molar-refractivity contribution is 7.09. The van der Waals surface area contributed by atoms with Crippen LogP contribution in [0.25, 0.3) is 0 Å². The lowest BCUT2D eigenvalue weighted by atomic mass is 9.95. The molecule has 0 aromatic carbocycles. The van der Waals surface area contributed by atoms with Crippen molar-refractivity contribution < 1.29 is 0 Å². The second-order valence-electron chi connectivity index (χ2n) is 5.14. The minimum Gasteiger partial charge on any atom is -0.316 e. The van der Waals surface area contributed by atoms with E-state index < -0.39 is 0 Å². The molecule has 0 aliphatic carbocycles. The number of nitrogens with one attached hydrogen (secondary N) is 2. The first-order chi connectivity index (χ1) is 8.90. The van der Waals surface area contributed by atoms with Gasteiger partial charge in [-0.1, -0.05) is 6.92 Å². The molecule has 2 unspecified atom stereocenters. The van der Waals surface area contributed by atoms with Gasteiger partial charge in [-0.25, -0.2) is 4.98 Å². The fourth-order valence-corrected chi connectivity index (χ4v) is 3.45. The van der Waals surface area contributed by atoms with Gasteiger partial charge in [-0.2, -0.15) is 0 Å². The monoisotopic (exact) mass is 267 g/mol. The molecule has 0 spiro atoms. The molecular weight excluding hydrogens is 242 g/mol. The van der Waals surface area contributed by atoms with Crippen molar-refractivity contribution in [3.05, 3.63) is 16.6 Å². The molecule has 4 heteroatoms. The summed E-state index contributed by atoms with van der Waals surface area (Å²) in [4.78, 5) is 4.40.